The van der Waals surface area contributed by atoms with Crippen molar-refractivity contribution >= 4 is 5.91 Å². The van der Waals surface area contributed by atoms with Gasteiger partial charge in [0, 0.05) is 24.7 Å². The molecule has 2 aromatic rings. The average Bonchev–Trinajstić information content (AvgIpc) is 3.00. The van der Waals surface area contributed by atoms with Gasteiger partial charge in [-0.05, 0) is 32.9 Å². The number of carbonyl (C=O) groups is 1. The normalized spacial score (nSPS) is 18.8. The van der Waals surface area contributed by atoms with Crippen LogP contribution in [0.2, 0.25) is 0 Å². The highest BCUT2D eigenvalue weighted by Crippen LogP contribution is 2.32. The molecular formula is C19H23N5O2. The minimum Gasteiger partial charge on any atom is -0.369 e. The van der Waals surface area contributed by atoms with E-state index >= 15 is 0 Å². The van der Waals surface area contributed by atoms with Crippen molar-refractivity contribution in [1.29, 1.82) is 5.26 Å². The molecule has 0 radical (unpaired) electrons. The monoisotopic (exact) mass is 353 g/mol. The fourth-order valence-corrected chi connectivity index (χ4v) is 3.45. The molecular weight excluding hydrogens is 330 g/mol. The highest BCUT2D eigenvalue weighted by atomic mass is 16.5. The summed E-state index contributed by atoms with van der Waals surface area (Å²) in [5.74, 6) is -0.234. The van der Waals surface area contributed by atoms with Crippen LogP contribution in [0.15, 0.2) is 24.4 Å². The largest absolute Gasteiger partial charge is 0.369 e. The van der Waals surface area contributed by atoms with E-state index < -0.39 is 0 Å². The zero-order chi connectivity index (χ0) is 18.7. The summed E-state index contributed by atoms with van der Waals surface area (Å²) < 4.78 is 7.74. The standard InChI is InChI=1S/C19H23N5O2/c1-4-24-18-14(3)26-13(2)11-16(18)17(22-24)19(25)23(10-8-20)12-15-7-5-6-9-21-15/h5-7,9,13-14H,4,10-12H2,1-3H3/t13-,14+/m1/s1. The van der Waals surface area contributed by atoms with Gasteiger partial charge in [0.25, 0.3) is 5.91 Å². The number of nitrogens with zero attached hydrogens (tertiary/aromatic N) is 5. The molecule has 0 unspecified atom stereocenters. The van der Waals surface area contributed by atoms with Crippen molar-refractivity contribution in [1.82, 2.24) is 19.7 Å². The summed E-state index contributed by atoms with van der Waals surface area (Å²) in [5.41, 5.74) is 3.07. The van der Waals surface area contributed by atoms with E-state index in [0.717, 1.165) is 17.0 Å². The van der Waals surface area contributed by atoms with Crippen molar-refractivity contribution in [3.05, 3.63) is 47.0 Å². The molecule has 1 aliphatic heterocycles. The molecule has 136 valence electrons. The van der Waals surface area contributed by atoms with Crippen LogP contribution in [0.1, 0.15) is 54.3 Å². The van der Waals surface area contributed by atoms with Gasteiger partial charge in [-0.25, -0.2) is 0 Å². The van der Waals surface area contributed by atoms with Crippen molar-refractivity contribution < 1.29 is 9.53 Å². The third kappa shape index (κ3) is 3.46. The summed E-state index contributed by atoms with van der Waals surface area (Å²) in [7, 11) is 0. The number of fused-ring (bicyclic) bond motifs is 1. The van der Waals surface area contributed by atoms with Crippen LogP contribution in [0.5, 0.6) is 0 Å². The Morgan fingerprint density at radius 2 is 2.27 bits per heavy atom. The molecule has 26 heavy (non-hydrogen) atoms. The Bertz CT molecular complexity index is 824. The second kappa shape index (κ2) is 7.67. The van der Waals surface area contributed by atoms with Crippen molar-refractivity contribution in [2.24, 2.45) is 0 Å². The Kier molecular flexibility index (Phi) is 5.33. The lowest BCUT2D eigenvalue weighted by Crippen LogP contribution is -2.33. The van der Waals surface area contributed by atoms with Gasteiger partial charge in [-0.2, -0.15) is 10.4 Å². The number of carbonyl (C=O) groups excluding carboxylic acids is 1. The van der Waals surface area contributed by atoms with Crippen LogP contribution < -0.4 is 0 Å². The third-order valence-electron chi connectivity index (χ3n) is 4.54. The Morgan fingerprint density at radius 3 is 2.92 bits per heavy atom. The molecule has 7 heteroatoms. The molecule has 1 aliphatic rings. The lowest BCUT2D eigenvalue weighted by Gasteiger charge is -2.27. The van der Waals surface area contributed by atoms with Crippen LogP contribution in [0.25, 0.3) is 0 Å². The van der Waals surface area contributed by atoms with E-state index in [1.807, 2.05) is 43.7 Å². The molecule has 2 atom stereocenters. The van der Waals surface area contributed by atoms with Gasteiger partial charge in [0.1, 0.15) is 6.54 Å². The third-order valence-corrected chi connectivity index (χ3v) is 4.54. The van der Waals surface area contributed by atoms with Crippen LogP contribution >= 0.6 is 0 Å². The van der Waals surface area contributed by atoms with Gasteiger partial charge in [0.2, 0.25) is 0 Å². The van der Waals surface area contributed by atoms with Crippen molar-refractivity contribution in [2.45, 2.75) is 52.5 Å². The summed E-state index contributed by atoms with van der Waals surface area (Å²) in [6, 6.07) is 7.61. The van der Waals surface area contributed by atoms with Gasteiger partial charge < -0.3 is 9.64 Å². The predicted octanol–water partition coefficient (Wildman–Crippen LogP) is 2.49. The quantitative estimate of drug-likeness (QED) is 0.771. The van der Waals surface area contributed by atoms with Gasteiger partial charge in [-0.1, -0.05) is 6.07 Å². The highest BCUT2D eigenvalue weighted by molar-refractivity contribution is 5.94. The predicted molar refractivity (Wildman–Crippen MR) is 95.2 cm³/mol. The van der Waals surface area contributed by atoms with Gasteiger partial charge in [0.15, 0.2) is 5.69 Å². The molecule has 7 nitrogen and oxygen atoms in total. The van der Waals surface area contributed by atoms with E-state index in [1.54, 1.807) is 6.20 Å². The Morgan fingerprint density at radius 1 is 1.46 bits per heavy atom. The molecule has 0 saturated carbocycles. The number of aryl methyl sites for hydroxylation is 1. The number of ether oxygens (including phenoxy) is 1. The summed E-state index contributed by atoms with van der Waals surface area (Å²) >= 11 is 0. The fraction of sp³-hybridized carbons (Fsp3) is 0.474. The molecule has 0 spiro atoms. The summed E-state index contributed by atoms with van der Waals surface area (Å²) in [4.78, 5) is 18.9. The smallest absolute Gasteiger partial charge is 0.275 e. The summed E-state index contributed by atoms with van der Waals surface area (Å²) in [6.07, 6.45) is 2.24. The van der Waals surface area contributed by atoms with Crippen LogP contribution in [0.4, 0.5) is 0 Å². The second-order valence-electron chi connectivity index (χ2n) is 6.46. The number of hydrogen-bond donors (Lipinski definition) is 0. The van der Waals surface area contributed by atoms with Crippen LogP contribution in [0, 0.1) is 11.3 Å². The molecule has 0 N–H and O–H groups in total. The number of hydrogen-bond acceptors (Lipinski definition) is 5. The lowest BCUT2D eigenvalue weighted by atomic mass is 9.99. The van der Waals surface area contributed by atoms with Crippen molar-refractivity contribution in [2.75, 3.05) is 6.54 Å². The van der Waals surface area contributed by atoms with Crippen molar-refractivity contribution in [3.63, 3.8) is 0 Å². The number of pyridine rings is 1. The first-order valence-corrected chi connectivity index (χ1v) is 8.86. The van der Waals surface area contributed by atoms with Crippen LogP contribution in [0.3, 0.4) is 0 Å². The first-order chi connectivity index (χ1) is 12.5. The maximum atomic E-state index is 13.2. The SMILES string of the molecule is CCn1nc(C(=O)N(CC#N)Cc2ccccn2)c2c1[C@H](C)O[C@H](C)C2. The molecule has 0 saturated heterocycles. The second-order valence-corrected chi connectivity index (χ2v) is 6.46. The summed E-state index contributed by atoms with van der Waals surface area (Å²) in [6.45, 7) is 6.91. The molecule has 3 rings (SSSR count). The minimum atomic E-state index is -0.234. The van der Waals surface area contributed by atoms with E-state index in [4.69, 9.17) is 4.74 Å². The zero-order valence-corrected chi connectivity index (χ0v) is 15.3. The number of aromatic nitrogens is 3. The van der Waals surface area contributed by atoms with E-state index in [2.05, 4.69) is 16.2 Å². The molecule has 0 aromatic carbocycles. The number of rotatable bonds is 5. The Labute approximate surface area is 153 Å². The molecule has 0 bridgehead atoms. The number of nitriles is 1. The van der Waals surface area contributed by atoms with E-state index in [1.165, 1.54) is 4.90 Å². The highest BCUT2D eigenvalue weighted by Gasteiger charge is 2.33. The van der Waals surface area contributed by atoms with E-state index in [-0.39, 0.29) is 31.2 Å². The van der Waals surface area contributed by atoms with Crippen LogP contribution in [-0.2, 0) is 24.2 Å². The van der Waals surface area contributed by atoms with Gasteiger partial charge in [-0.3, -0.25) is 14.5 Å². The molecule has 2 aromatic heterocycles. The Hall–Kier alpha value is -2.72. The van der Waals surface area contributed by atoms with E-state index in [9.17, 15) is 10.1 Å². The maximum Gasteiger partial charge on any atom is 0.275 e. The minimum absolute atomic E-state index is 0.00915. The van der Waals surface area contributed by atoms with Crippen molar-refractivity contribution in [3.8, 4) is 6.07 Å². The summed E-state index contributed by atoms with van der Waals surface area (Å²) in [5, 5.41) is 13.7. The zero-order valence-electron chi connectivity index (χ0n) is 15.3. The van der Waals surface area contributed by atoms with Gasteiger partial charge in [-0.15, -0.1) is 0 Å². The first-order valence-electron chi connectivity index (χ1n) is 8.86. The lowest BCUT2D eigenvalue weighted by molar-refractivity contribution is -0.00951. The number of amides is 1. The molecule has 1 amide bonds. The Balaban J connectivity index is 1.96. The van der Waals surface area contributed by atoms with Crippen LogP contribution in [-0.4, -0.2) is 38.2 Å². The molecule has 0 fully saturated rings. The topological polar surface area (TPSA) is 84.0 Å². The van der Waals surface area contributed by atoms with Gasteiger partial charge >= 0.3 is 0 Å². The van der Waals surface area contributed by atoms with Gasteiger partial charge in [0.05, 0.1) is 36.2 Å². The molecule has 3 heterocycles. The molecule has 0 aliphatic carbocycles. The average molecular weight is 353 g/mol. The maximum absolute atomic E-state index is 13.2. The first kappa shape index (κ1) is 18.1. The van der Waals surface area contributed by atoms with E-state index in [0.29, 0.717) is 18.7 Å². The fourth-order valence-electron chi connectivity index (χ4n) is 3.45.